The first-order valence-corrected chi connectivity index (χ1v) is 8.64. The molecule has 0 bridgehead atoms. The Kier molecular flexibility index (Phi) is 4.57. The summed E-state index contributed by atoms with van der Waals surface area (Å²) in [6, 6.07) is 10.5. The summed E-state index contributed by atoms with van der Waals surface area (Å²) in [7, 11) is -3.74. The molecule has 6 heteroatoms. The van der Waals surface area contributed by atoms with Gasteiger partial charge in [-0.2, -0.15) is 11.3 Å². The molecule has 20 heavy (non-hydrogen) atoms. The maximum atomic E-state index is 12.3. The van der Waals surface area contributed by atoms with E-state index in [1.165, 1.54) is 11.3 Å². The highest BCUT2D eigenvalue weighted by molar-refractivity contribution is 7.92. The van der Waals surface area contributed by atoms with Crippen molar-refractivity contribution in [2.45, 2.75) is 17.4 Å². The highest BCUT2D eigenvalue weighted by Crippen LogP contribution is 2.17. The normalized spacial score (nSPS) is 13.0. The quantitative estimate of drug-likeness (QED) is 0.889. The molecule has 1 N–H and O–H groups in total. The SMILES string of the molecule is O=C(O)C(Cc1ccccc1)S(=O)(=O)Cc1ccsc1. The van der Waals surface area contributed by atoms with Crippen molar-refractivity contribution in [1.82, 2.24) is 0 Å². The molecule has 0 amide bonds. The molecular weight excluding hydrogens is 296 g/mol. The molecule has 0 fully saturated rings. The van der Waals surface area contributed by atoms with Crippen molar-refractivity contribution < 1.29 is 18.3 Å². The van der Waals surface area contributed by atoms with E-state index in [0.717, 1.165) is 0 Å². The molecule has 0 saturated heterocycles. The number of sulfone groups is 1. The molecule has 0 aliphatic rings. The summed E-state index contributed by atoms with van der Waals surface area (Å²) in [4.78, 5) is 11.3. The van der Waals surface area contributed by atoms with E-state index in [9.17, 15) is 18.3 Å². The summed E-state index contributed by atoms with van der Waals surface area (Å²) in [6.45, 7) is 0. The van der Waals surface area contributed by atoms with Crippen molar-refractivity contribution in [1.29, 1.82) is 0 Å². The van der Waals surface area contributed by atoms with Crippen LogP contribution in [-0.2, 0) is 26.8 Å². The smallest absolute Gasteiger partial charge is 0.322 e. The predicted molar refractivity (Wildman–Crippen MR) is 78.5 cm³/mol. The second-order valence-corrected chi connectivity index (χ2v) is 7.42. The van der Waals surface area contributed by atoms with Crippen LogP contribution < -0.4 is 0 Å². The second kappa shape index (κ2) is 6.19. The number of rotatable bonds is 6. The number of benzene rings is 1. The average molecular weight is 310 g/mol. The molecule has 0 aliphatic carbocycles. The average Bonchev–Trinajstić information content (AvgIpc) is 2.88. The topological polar surface area (TPSA) is 71.4 Å². The molecule has 1 atom stereocenters. The molecule has 2 rings (SSSR count). The fraction of sp³-hybridized carbons (Fsp3) is 0.214. The first-order chi connectivity index (χ1) is 9.49. The van der Waals surface area contributed by atoms with Gasteiger partial charge in [0, 0.05) is 0 Å². The number of carboxylic acids is 1. The molecule has 1 unspecified atom stereocenters. The van der Waals surface area contributed by atoms with E-state index in [-0.39, 0.29) is 12.2 Å². The van der Waals surface area contributed by atoms with Gasteiger partial charge in [0.1, 0.15) is 0 Å². The van der Waals surface area contributed by atoms with Gasteiger partial charge in [-0.15, -0.1) is 0 Å². The lowest BCUT2D eigenvalue weighted by atomic mass is 10.1. The Bertz CT molecular complexity index is 660. The van der Waals surface area contributed by atoms with E-state index in [2.05, 4.69) is 0 Å². The second-order valence-electron chi connectivity index (χ2n) is 4.46. The fourth-order valence-electron chi connectivity index (χ4n) is 1.90. The molecule has 106 valence electrons. The number of carboxylic acid groups (broad SMARTS) is 1. The van der Waals surface area contributed by atoms with Gasteiger partial charge in [0.2, 0.25) is 0 Å². The summed E-state index contributed by atoms with van der Waals surface area (Å²) in [5.74, 6) is -1.54. The van der Waals surface area contributed by atoms with Crippen molar-refractivity contribution >= 4 is 27.1 Å². The lowest BCUT2D eigenvalue weighted by molar-refractivity contribution is -0.136. The molecule has 1 heterocycles. The van der Waals surface area contributed by atoms with Crippen LogP contribution in [0.2, 0.25) is 0 Å². The van der Waals surface area contributed by atoms with Crippen LogP contribution in [0.5, 0.6) is 0 Å². The van der Waals surface area contributed by atoms with Crippen LogP contribution in [0.4, 0.5) is 0 Å². The summed E-state index contributed by atoms with van der Waals surface area (Å²) in [5.41, 5.74) is 1.34. The molecule has 4 nitrogen and oxygen atoms in total. The van der Waals surface area contributed by atoms with Crippen LogP contribution in [0.15, 0.2) is 47.2 Å². The Morgan fingerprint density at radius 2 is 1.85 bits per heavy atom. The molecule has 2 aromatic rings. The summed E-state index contributed by atoms with van der Waals surface area (Å²) >= 11 is 1.39. The number of aliphatic carboxylic acids is 1. The van der Waals surface area contributed by atoms with E-state index >= 15 is 0 Å². The van der Waals surface area contributed by atoms with Crippen molar-refractivity contribution in [3.8, 4) is 0 Å². The third-order valence-corrected chi connectivity index (χ3v) is 5.62. The highest BCUT2D eigenvalue weighted by Gasteiger charge is 2.32. The summed E-state index contributed by atoms with van der Waals surface area (Å²) < 4.78 is 24.5. The third kappa shape index (κ3) is 3.68. The zero-order chi connectivity index (χ0) is 14.6. The van der Waals surface area contributed by atoms with Gasteiger partial charge < -0.3 is 5.11 Å². The molecule has 0 saturated carbocycles. The highest BCUT2D eigenvalue weighted by atomic mass is 32.2. The van der Waals surface area contributed by atoms with Crippen molar-refractivity contribution in [3.63, 3.8) is 0 Å². The molecule has 1 aromatic carbocycles. The van der Waals surface area contributed by atoms with E-state index in [4.69, 9.17) is 0 Å². The number of carbonyl (C=O) groups is 1. The Balaban J connectivity index is 2.22. The Morgan fingerprint density at radius 3 is 2.40 bits per heavy atom. The zero-order valence-electron chi connectivity index (χ0n) is 10.6. The summed E-state index contributed by atoms with van der Waals surface area (Å²) in [5, 5.41) is 11.3. The lowest BCUT2D eigenvalue weighted by Crippen LogP contribution is -2.33. The van der Waals surface area contributed by atoms with Crippen LogP contribution in [-0.4, -0.2) is 24.7 Å². The molecular formula is C14H14O4S2. The minimum atomic E-state index is -3.74. The maximum Gasteiger partial charge on any atom is 0.322 e. The third-order valence-electron chi connectivity index (χ3n) is 2.92. The van der Waals surface area contributed by atoms with Crippen LogP contribution in [0.1, 0.15) is 11.1 Å². The van der Waals surface area contributed by atoms with Crippen LogP contribution in [0.3, 0.4) is 0 Å². The zero-order valence-corrected chi connectivity index (χ0v) is 12.2. The number of hydrogen-bond donors (Lipinski definition) is 1. The standard InChI is InChI=1S/C14H14O4S2/c15-14(16)13(8-11-4-2-1-3-5-11)20(17,18)10-12-6-7-19-9-12/h1-7,9,13H,8,10H2,(H,15,16). The van der Waals surface area contributed by atoms with Crippen molar-refractivity contribution in [2.24, 2.45) is 0 Å². The molecule has 0 radical (unpaired) electrons. The lowest BCUT2D eigenvalue weighted by Gasteiger charge is -2.13. The first kappa shape index (κ1) is 14.7. The molecule has 0 spiro atoms. The van der Waals surface area contributed by atoms with E-state index < -0.39 is 21.1 Å². The summed E-state index contributed by atoms with van der Waals surface area (Å²) in [6.07, 6.45) is -0.0113. The van der Waals surface area contributed by atoms with Gasteiger partial charge in [-0.1, -0.05) is 30.3 Å². The van der Waals surface area contributed by atoms with Gasteiger partial charge in [-0.25, -0.2) is 8.42 Å². The van der Waals surface area contributed by atoms with Gasteiger partial charge in [0.15, 0.2) is 15.1 Å². The van der Waals surface area contributed by atoms with Crippen molar-refractivity contribution in [2.75, 3.05) is 0 Å². The maximum absolute atomic E-state index is 12.3. The monoisotopic (exact) mass is 310 g/mol. The van der Waals surface area contributed by atoms with Crippen LogP contribution >= 0.6 is 11.3 Å². The van der Waals surface area contributed by atoms with E-state index in [0.29, 0.717) is 11.1 Å². The number of hydrogen-bond acceptors (Lipinski definition) is 4. The number of thiophene rings is 1. The van der Waals surface area contributed by atoms with E-state index in [1.54, 1.807) is 47.2 Å². The van der Waals surface area contributed by atoms with Gasteiger partial charge in [-0.3, -0.25) is 4.79 Å². The Hall–Kier alpha value is -1.66. The minimum Gasteiger partial charge on any atom is -0.480 e. The predicted octanol–water partition coefficient (Wildman–Crippen LogP) is 2.36. The first-order valence-electron chi connectivity index (χ1n) is 5.98. The Morgan fingerprint density at radius 1 is 1.15 bits per heavy atom. The molecule has 0 aliphatic heterocycles. The molecule has 1 aromatic heterocycles. The van der Waals surface area contributed by atoms with Gasteiger partial charge >= 0.3 is 5.97 Å². The fourth-order valence-corrected chi connectivity index (χ4v) is 4.28. The van der Waals surface area contributed by atoms with Crippen LogP contribution in [0.25, 0.3) is 0 Å². The minimum absolute atomic E-state index is 0.0113. The Labute approximate surface area is 121 Å². The van der Waals surface area contributed by atoms with Gasteiger partial charge in [-0.05, 0) is 34.4 Å². The van der Waals surface area contributed by atoms with Crippen molar-refractivity contribution in [3.05, 3.63) is 58.3 Å². The van der Waals surface area contributed by atoms with Gasteiger partial charge in [0.25, 0.3) is 0 Å². The van der Waals surface area contributed by atoms with E-state index in [1.807, 2.05) is 0 Å². The largest absolute Gasteiger partial charge is 0.480 e. The van der Waals surface area contributed by atoms with Gasteiger partial charge in [0.05, 0.1) is 5.75 Å². The van der Waals surface area contributed by atoms with Crippen LogP contribution in [0, 0.1) is 0 Å².